The van der Waals surface area contributed by atoms with Gasteiger partial charge in [-0.05, 0) is 37.7 Å². The fraction of sp³-hybridized carbons (Fsp3) is 0.556. The standard InChI is InChI=1S/C18H25NO2/c20-17-13-11-16(12-14-17)19-18(21)10-6-2-5-9-15-7-3-1-4-8-15/h1,3-4,7-8,16H,2,5-6,9-14H2,(H,19,21). The molecular formula is C18H25NO2. The first-order valence-corrected chi connectivity index (χ1v) is 8.09. The van der Waals surface area contributed by atoms with Crippen molar-refractivity contribution in [2.75, 3.05) is 0 Å². The van der Waals surface area contributed by atoms with Crippen molar-refractivity contribution in [3.8, 4) is 0 Å². The van der Waals surface area contributed by atoms with Crippen LogP contribution in [0.25, 0.3) is 0 Å². The van der Waals surface area contributed by atoms with Crippen molar-refractivity contribution in [3.05, 3.63) is 35.9 Å². The number of hydrogen-bond acceptors (Lipinski definition) is 2. The molecule has 3 heteroatoms. The van der Waals surface area contributed by atoms with Gasteiger partial charge in [-0.2, -0.15) is 0 Å². The van der Waals surface area contributed by atoms with E-state index in [2.05, 4.69) is 29.6 Å². The van der Waals surface area contributed by atoms with E-state index in [4.69, 9.17) is 0 Å². The van der Waals surface area contributed by atoms with Crippen LogP contribution in [-0.4, -0.2) is 17.7 Å². The zero-order valence-electron chi connectivity index (χ0n) is 12.6. The monoisotopic (exact) mass is 287 g/mol. The molecule has 0 atom stereocenters. The summed E-state index contributed by atoms with van der Waals surface area (Å²) in [6, 6.07) is 10.7. The number of nitrogens with one attached hydrogen (secondary N) is 1. The van der Waals surface area contributed by atoms with Gasteiger partial charge in [-0.15, -0.1) is 0 Å². The first kappa shape index (κ1) is 15.7. The van der Waals surface area contributed by atoms with Gasteiger partial charge in [0.2, 0.25) is 5.91 Å². The minimum Gasteiger partial charge on any atom is -0.353 e. The lowest BCUT2D eigenvalue weighted by molar-refractivity contribution is -0.124. The van der Waals surface area contributed by atoms with Gasteiger partial charge in [-0.1, -0.05) is 36.8 Å². The van der Waals surface area contributed by atoms with Crippen molar-refractivity contribution in [2.45, 2.75) is 63.8 Å². The predicted octanol–water partition coefficient (Wildman–Crippen LogP) is 3.42. The van der Waals surface area contributed by atoms with E-state index in [1.54, 1.807) is 0 Å². The van der Waals surface area contributed by atoms with Crippen LogP contribution in [0.2, 0.25) is 0 Å². The number of Topliss-reactive ketones (excluding diaryl/α,β-unsaturated/α-hetero) is 1. The summed E-state index contributed by atoms with van der Waals surface area (Å²) in [5, 5.41) is 3.06. The number of amides is 1. The average molecular weight is 287 g/mol. The lowest BCUT2D eigenvalue weighted by Crippen LogP contribution is -2.37. The lowest BCUT2D eigenvalue weighted by atomic mass is 9.94. The third-order valence-corrected chi connectivity index (χ3v) is 4.12. The summed E-state index contributed by atoms with van der Waals surface area (Å²) in [6.07, 6.45) is 7.76. The van der Waals surface area contributed by atoms with E-state index in [0.717, 1.165) is 38.5 Å². The molecule has 1 aliphatic rings. The normalized spacial score (nSPS) is 15.9. The summed E-state index contributed by atoms with van der Waals surface area (Å²) in [5.74, 6) is 0.482. The Kier molecular flexibility index (Phi) is 6.45. The zero-order chi connectivity index (χ0) is 14.9. The summed E-state index contributed by atoms with van der Waals surface area (Å²) < 4.78 is 0. The molecule has 1 amide bonds. The van der Waals surface area contributed by atoms with E-state index in [1.807, 2.05) is 6.07 Å². The van der Waals surface area contributed by atoms with Gasteiger partial charge >= 0.3 is 0 Å². The van der Waals surface area contributed by atoms with Crippen molar-refractivity contribution >= 4 is 11.7 Å². The zero-order valence-corrected chi connectivity index (χ0v) is 12.6. The smallest absolute Gasteiger partial charge is 0.220 e. The first-order chi connectivity index (χ1) is 10.2. The van der Waals surface area contributed by atoms with E-state index in [0.29, 0.717) is 25.0 Å². The van der Waals surface area contributed by atoms with Gasteiger partial charge in [0.25, 0.3) is 0 Å². The second-order valence-corrected chi connectivity index (χ2v) is 5.93. The molecule has 0 radical (unpaired) electrons. The minimum absolute atomic E-state index is 0.147. The molecule has 0 bridgehead atoms. The molecule has 1 fully saturated rings. The Hall–Kier alpha value is -1.64. The van der Waals surface area contributed by atoms with Gasteiger partial charge in [0.05, 0.1) is 0 Å². The molecule has 1 saturated carbocycles. The number of rotatable bonds is 7. The highest BCUT2D eigenvalue weighted by Gasteiger charge is 2.19. The quantitative estimate of drug-likeness (QED) is 0.781. The van der Waals surface area contributed by atoms with Gasteiger partial charge in [0.15, 0.2) is 0 Å². The lowest BCUT2D eigenvalue weighted by Gasteiger charge is -2.22. The highest BCUT2D eigenvalue weighted by atomic mass is 16.1. The Labute approximate surface area is 127 Å². The van der Waals surface area contributed by atoms with Crippen LogP contribution in [0.1, 0.15) is 56.9 Å². The molecule has 0 saturated heterocycles. The second-order valence-electron chi connectivity index (χ2n) is 5.93. The van der Waals surface area contributed by atoms with E-state index in [1.165, 1.54) is 5.56 Å². The Morgan fingerprint density at radius 2 is 1.76 bits per heavy atom. The molecule has 1 N–H and O–H groups in total. The molecule has 0 heterocycles. The van der Waals surface area contributed by atoms with Crippen molar-refractivity contribution < 1.29 is 9.59 Å². The maximum atomic E-state index is 11.8. The van der Waals surface area contributed by atoms with Crippen LogP contribution in [0.5, 0.6) is 0 Å². The molecule has 2 rings (SSSR count). The van der Waals surface area contributed by atoms with Crippen LogP contribution < -0.4 is 5.32 Å². The third kappa shape index (κ3) is 6.11. The minimum atomic E-state index is 0.147. The molecule has 1 aromatic rings. The van der Waals surface area contributed by atoms with Gasteiger partial charge in [-0.3, -0.25) is 9.59 Å². The third-order valence-electron chi connectivity index (χ3n) is 4.12. The number of unbranched alkanes of at least 4 members (excludes halogenated alkanes) is 2. The fourth-order valence-electron chi connectivity index (χ4n) is 2.82. The molecule has 1 aliphatic carbocycles. The van der Waals surface area contributed by atoms with Crippen LogP contribution in [0.3, 0.4) is 0 Å². The number of ketones is 1. The van der Waals surface area contributed by atoms with Crippen molar-refractivity contribution in [1.29, 1.82) is 0 Å². The highest BCUT2D eigenvalue weighted by Crippen LogP contribution is 2.15. The number of hydrogen-bond donors (Lipinski definition) is 1. The first-order valence-electron chi connectivity index (χ1n) is 8.09. The van der Waals surface area contributed by atoms with E-state index in [9.17, 15) is 9.59 Å². The van der Waals surface area contributed by atoms with Crippen molar-refractivity contribution in [2.24, 2.45) is 0 Å². The Morgan fingerprint density at radius 1 is 1.05 bits per heavy atom. The molecular weight excluding hydrogens is 262 g/mol. The van der Waals surface area contributed by atoms with Crippen LogP contribution in [0.15, 0.2) is 30.3 Å². The summed E-state index contributed by atoms with van der Waals surface area (Å²) in [7, 11) is 0. The van der Waals surface area contributed by atoms with E-state index >= 15 is 0 Å². The van der Waals surface area contributed by atoms with Crippen LogP contribution in [0.4, 0.5) is 0 Å². The summed E-state index contributed by atoms with van der Waals surface area (Å²) in [6.45, 7) is 0. The molecule has 114 valence electrons. The summed E-state index contributed by atoms with van der Waals surface area (Å²) in [4.78, 5) is 23.0. The summed E-state index contributed by atoms with van der Waals surface area (Å²) in [5.41, 5.74) is 1.37. The Balaban J connectivity index is 1.52. The highest BCUT2D eigenvalue weighted by molar-refractivity contribution is 5.80. The van der Waals surface area contributed by atoms with Crippen molar-refractivity contribution in [1.82, 2.24) is 5.32 Å². The molecule has 0 aliphatic heterocycles. The van der Waals surface area contributed by atoms with E-state index < -0.39 is 0 Å². The SMILES string of the molecule is O=C1CCC(NC(=O)CCCCCc2ccccc2)CC1. The second kappa shape index (κ2) is 8.60. The maximum Gasteiger partial charge on any atom is 0.220 e. The fourth-order valence-corrected chi connectivity index (χ4v) is 2.82. The summed E-state index contributed by atoms with van der Waals surface area (Å²) >= 11 is 0. The largest absolute Gasteiger partial charge is 0.353 e. The van der Waals surface area contributed by atoms with Crippen LogP contribution in [0, 0.1) is 0 Å². The number of carbonyl (C=O) groups is 2. The number of benzene rings is 1. The van der Waals surface area contributed by atoms with Gasteiger partial charge in [0.1, 0.15) is 5.78 Å². The predicted molar refractivity (Wildman–Crippen MR) is 84.0 cm³/mol. The molecule has 0 unspecified atom stereocenters. The average Bonchev–Trinajstić information content (AvgIpc) is 2.50. The van der Waals surface area contributed by atoms with Gasteiger partial charge in [-0.25, -0.2) is 0 Å². The topological polar surface area (TPSA) is 46.2 Å². The van der Waals surface area contributed by atoms with Crippen LogP contribution in [-0.2, 0) is 16.0 Å². The molecule has 3 nitrogen and oxygen atoms in total. The van der Waals surface area contributed by atoms with E-state index in [-0.39, 0.29) is 11.9 Å². The molecule has 0 aromatic heterocycles. The molecule has 1 aromatic carbocycles. The van der Waals surface area contributed by atoms with Crippen molar-refractivity contribution in [3.63, 3.8) is 0 Å². The van der Waals surface area contributed by atoms with Crippen LogP contribution >= 0.6 is 0 Å². The molecule has 0 spiro atoms. The Morgan fingerprint density at radius 3 is 2.48 bits per heavy atom. The van der Waals surface area contributed by atoms with Gasteiger partial charge in [0, 0.05) is 25.3 Å². The molecule has 21 heavy (non-hydrogen) atoms. The van der Waals surface area contributed by atoms with Gasteiger partial charge < -0.3 is 5.32 Å². The number of carbonyl (C=O) groups excluding carboxylic acids is 2. The Bertz CT molecular complexity index is 446. The maximum absolute atomic E-state index is 11.8. The number of aryl methyl sites for hydroxylation is 1.